The van der Waals surface area contributed by atoms with E-state index in [4.69, 9.17) is 5.73 Å². The first-order chi connectivity index (χ1) is 7.86. The fraction of sp³-hybridized carbons (Fsp3) is 0.417. The summed E-state index contributed by atoms with van der Waals surface area (Å²) in [7, 11) is 0. The zero-order chi connectivity index (χ0) is 11.0. The standard InChI is InChI=1S/C12H14N4/c13-6-11-14-7-9-5-8-3-1-2-4-10(8)15-12(9)16-11/h5,7H,1-4,6,13H2. The second kappa shape index (κ2) is 3.79. The summed E-state index contributed by atoms with van der Waals surface area (Å²) in [6.07, 6.45) is 6.54. The summed E-state index contributed by atoms with van der Waals surface area (Å²) in [6, 6.07) is 2.18. The quantitative estimate of drug-likeness (QED) is 0.778. The third-order valence-corrected chi connectivity index (χ3v) is 3.08. The first-order valence-electron chi connectivity index (χ1n) is 5.71. The predicted octanol–water partition coefficient (Wildman–Crippen LogP) is 1.36. The molecule has 2 aromatic rings. The molecule has 1 aliphatic carbocycles. The fourth-order valence-corrected chi connectivity index (χ4v) is 2.22. The number of aryl methyl sites for hydroxylation is 2. The highest BCUT2D eigenvalue weighted by molar-refractivity contribution is 5.74. The first kappa shape index (κ1) is 9.66. The van der Waals surface area contributed by atoms with E-state index in [0.717, 1.165) is 23.9 Å². The molecule has 3 rings (SSSR count). The number of fused-ring (bicyclic) bond motifs is 2. The number of nitrogens with zero attached hydrogens (tertiary/aromatic N) is 3. The van der Waals surface area contributed by atoms with Gasteiger partial charge in [-0.3, -0.25) is 0 Å². The Hall–Kier alpha value is -1.55. The number of hydrogen-bond acceptors (Lipinski definition) is 4. The molecule has 0 saturated heterocycles. The van der Waals surface area contributed by atoms with Crippen molar-refractivity contribution in [3.63, 3.8) is 0 Å². The summed E-state index contributed by atoms with van der Waals surface area (Å²) in [5.41, 5.74) is 8.89. The van der Waals surface area contributed by atoms with Gasteiger partial charge in [-0.15, -0.1) is 0 Å². The summed E-state index contributed by atoms with van der Waals surface area (Å²) in [5.74, 6) is 0.663. The van der Waals surface area contributed by atoms with E-state index in [-0.39, 0.29) is 0 Å². The average Bonchev–Trinajstić information content (AvgIpc) is 2.35. The topological polar surface area (TPSA) is 64.7 Å². The second-order valence-electron chi connectivity index (χ2n) is 4.20. The number of nitrogens with two attached hydrogens (primary N) is 1. The number of rotatable bonds is 1. The molecule has 4 nitrogen and oxygen atoms in total. The lowest BCUT2D eigenvalue weighted by molar-refractivity contribution is 0.670. The minimum absolute atomic E-state index is 0.370. The van der Waals surface area contributed by atoms with Gasteiger partial charge in [0.2, 0.25) is 0 Å². The molecule has 0 spiro atoms. The molecule has 0 bridgehead atoms. The van der Waals surface area contributed by atoms with Crippen molar-refractivity contribution in [2.24, 2.45) is 5.73 Å². The summed E-state index contributed by atoms with van der Waals surface area (Å²) in [6.45, 7) is 0.370. The molecule has 0 radical (unpaired) electrons. The van der Waals surface area contributed by atoms with Crippen molar-refractivity contribution in [3.05, 3.63) is 29.3 Å². The minimum atomic E-state index is 0.370. The molecule has 0 aromatic carbocycles. The van der Waals surface area contributed by atoms with Crippen LogP contribution in [0.5, 0.6) is 0 Å². The van der Waals surface area contributed by atoms with E-state index in [1.807, 2.05) is 6.20 Å². The van der Waals surface area contributed by atoms with Crippen LogP contribution in [0, 0.1) is 0 Å². The molecule has 0 amide bonds. The van der Waals surface area contributed by atoms with Gasteiger partial charge in [0.05, 0.1) is 6.54 Å². The molecule has 16 heavy (non-hydrogen) atoms. The van der Waals surface area contributed by atoms with E-state index < -0.39 is 0 Å². The smallest absolute Gasteiger partial charge is 0.163 e. The van der Waals surface area contributed by atoms with E-state index in [2.05, 4.69) is 21.0 Å². The molecule has 0 aliphatic heterocycles. The lowest BCUT2D eigenvalue weighted by Crippen LogP contribution is -2.08. The summed E-state index contributed by atoms with van der Waals surface area (Å²) in [4.78, 5) is 13.2. The van der Waals surface area contributed by atoms with E-state index in [9.17, 15) is 0 Å². The highest BCUT2D eigenvalue weighted by atomic mass is 15.0. The van der Waals surface area contributed by atoms with Gasteiger partial charge in [0, 0.05) is 17.3 Å². The second-order valence-corrected chi connectivity index (χ2v) is 4.20. The zero-order valence-electron chi connectivity index (χ0n) is 9.11. The molecular formula is C12H14N4. The first-order valence-corrected chi connectivity index (χ1v) is 5.71. The maximum atomic E-state index is 5.53. The van der Waals surface area contributed by atoms with Crippen molar-refractivity contribution >= 4 is 11.0 Å². The van der Waals surface area contributed by atoms with E-state index in [0.29, 0.717) is 12.4 Å². The summed E-state index contributed by atoms with van der Waals surface area (Å²) < 4.78 is 0. The van der Waals surface area contributed by atoms with Crippen LogP contribution >= 0.6 is 0 Å². The predicted molar refractivity (Wildman–Crippen MR) is 61.9 cm³/mol. The van der Waals surface area contributed by atoms with Crippen LogP contribution in [0.1, 0.15) is 29.9 Å². The van der Waals surface area contributed by atoms with Crippen LogP contribution in [0.4, 0.5) is 0 Å². The third-order valence-electron chi connectivity index (χ3n) is 3.08. The molecule has 1 aliphatic rings. The highest BCUT2D eigenvalue weighted by Gasteiger charge is 2.12. The number of hydrogen-bond donors (Lipinski definition) is 1. The summed E-state index contributed by atoms with van der Waals surface area (Å²) in [5, 5.41) is 1.03. The van der Waals surface area contributed by atoms with Gasteiger partial charge < -0.3 is 5.73 Å². The summed E-state index contributed by atoms with van der Waals surface area (Å²) >= 11 is 0. The van der Waals surface area contributed by atoms with Gasteiger partial charge in [-0.05, 0) is 37.3 Å². The SMILES string of the molecule is NCc1ncc2cc3c(nc2n1)CCCC3. The molecule has 2 aromatic heterocycles. The Balaban J connectivity index is 2.19. The third kappa shape index (κ3) is 1.55. The van der Waals surface area contributed by atoms with Crippen molar-refractivity contribution in [2.75, 3.05) is 0 Å². The number of aromatic nitrogens is 3. The average molecular weight is 214 g/mol. The lowest BCUT2D eigenvalue weighted by atomic mass is 9.95. The van der Waals surface area contributed by atoms with Gasteiger partial charge in [0.25, 0.3) is 0 Å². The van der Waals surface area contributed by atoms with Gasteiger partial charge in [-0.1, -0.05) is 0 Å². The normalized spacial score (nSPS) is 15.1. The molecule has 4 heteroatoms. The van der Waals surface area contributed by atoms with Gasteiger partial charge in [-0.25, -0.2) is 15.0 Å². The van der Waals surface area contributed by atoms with Crippen LogP contribution in [-0.2, 0) is 19.4 Å². The molecule has 2 heterocycles. The zero-order valence-corrected chi connectivity index (χ0v) is 9.11. The molecule has 0 saturated carbocycles. The number of pyridine rings is 1. The van der Waals surface area contributed by atoms with E-state index in [1.165, 1.54) is 24.1 Å². The van der Waals surface area contributed by atoms with Crippen molar-refractivity contribution in [1.82, 2.24) is 15.0 Å². The van der Waals surface area contributed by atoms with Crippen LogP contribution < -0.4 is 5.73 Å². The Kier molecular flexibility index (Phi) is 2.29. The van der Waals surface area contributed by atoms with Crippen molar-refractivity contribution in [2.45, 2.75) is 32.2 Å². The van der Waals surface area contributed by atoms with Crippen molar-refractivity contribution in [1.29, 1.82) is 0 Å². The molecule has 0 unspecified atom stereocenters. The van der Waals surface area contributed by atoms with Crippen molar-refractivity contribution < 1.29 is 0 Å². The Bertz CT molecular complexity index is 536. The van der Waals surface area contributed by atoms with Gasteiger partial charge >= 0.3 is 0 Å². The van der Waals surface area contributed by atoms with Crippen LogP contribution in [0.2, 0.25) is 0 Å². The van der Waals surface area contributed by atoms with Crippen LogP contribution in [0.3, 0.4) is 0 Å². The Morgan fingerprint density at radius 1 is 1.19 bits per heavy atom. The Morgan fingerprint density at radius 3 is 2.94 bits per heavy atom. The van der Waals surface area contributed by atoms with Gasteiger partial charge in [0.1, 0.15) is 5.82 Å². The molecule has 2 N–H and O–H groups in total. The van der Waals surface area contributed by atoms with Crippen molar-refractivity contribution in [3.8, 4) is 0 Å². The van der Waals surface area contributed by atoms with Crippen LogP contribution in [0.15, 0.2) is 12.3 Å². The fourth-order valence-electron chi connectivity index (χ4n) is 2.22. The van der Waals surface area contributed by atoms with E-state index in [1.54, 1.807) is 0 Å². The van der Waals surface area contributed by atoms with Crippen LogP contribution in [0.25, 0.3) is 11.0 Å². The highest BCUT2D eigenvalue weighted by Crippen LogP contribution is 2.22. The van der Waals surface area contributed by atoms with E-state index >= 15 is 0 Å². The Morgan fingerprint density at radius 2 is 2.06 bits per heavy atom. The molecule has 82 valence electrons. The maximum absolute atomic E-state index is 5.53. The van der Waals surface area contributed by atoms with Gasteiger partial charge in [0.15, 0.2) is 5.65 Å². The van der Waals surface area contributed by atoms with Gasteiger partial charge in [-0.2, -0.15) is 0 Å². The lowest BCUT2D eigenvalue weighted by Gasteiger charge is -2.14. The largest absolute Gasteiger partial charge is 0.324 e. The molecule has 0 atom stereocenters. The minimum Gasteiger partial charge on any atom is -0.324 e. The molecule has 0 fully saturated rings. The van der Waals surface area contributed by atoms with Crippen LogP contribution in [-0.4, -0.2) is 15.0 Å². The monoisotopic (exact) mass is 214 g/mol. The Labute approximate surface area is 93.9 Å². The maximum Gasteiger partial charge on any atom is 0.163 e. The molecular weight excluding hydrogens is 200 g/mol.